The molecular formula is C17H26N2O. The molecule has 1 fully saturated rings. The maximum Gasteiger partial charge on any atom is 0.230 e. The molecule has 0 heterocycles. The summed E-state index contributed by atoms with van der Waals surface area (Å²) < 4.78 is 0. The molecule has 1 amide bonds. The first kappa shape index (κ1) is 14.9. The van der Waals surface area contributed by atoms with E-state index < -0.39 is 5.41 Å². The summed E-state index contributed by atoms with van der Waals surface area (Å²) in [7, 11) is 0. The molecule has 110 valence electrons. The number of anilines is 1. The van der Waals surface area contributed by atoms with Gasteiger partial charge in [-0.05, 0) is 57.2 Å². The van der Waals surface area contributed by atoms with Gasteiger partial charge in [-0.2, -0.15) is 0 Å². The van der Waals surface area contributed by atoms with Crippen LogP contribution in [-0.2, 0) is 10.2 Å². The number of carbonyl (C=O) groups is 1. The van der Waals surface area contributed by atoms with E-state index in [1.807, 2.05) is 38.1 Å². The highest BCUT2D eigenvalue weighted by atomic mass is 16.2. The Bertz CT molecular complexity index is 458. The summed E-state index contributed by atoms with van der Waals surface area (Å²) in [5.41, 5.74) is 6.91. The van der Waals surface area contributed by atoms with Gasteiger partial charge < -0.3 is 11.1 Å². The van der Waals surface area contributed by atoms with Crippen molar-refractivity contribution < 1.29 is 4.79 Å². The quantitative estimate of drug-likeness (QED) is 0.828. The predicted molar refractivity (Wildman–Crippen MR) is 83.4 cm³/mol. The number of amides is 1. The van der Waals surface area contributed by atoms with Gasteiger partial charge in [-0.3, -0.25) is 4.79 Å². The van der Waals surface area contributed by atoms with Gasteiger partial charge in [0.1, 0.15) is 0 Å². The molecule has 3 N–H and O–H groups in total. The van der Waals surface area contributed by atoms with Crippen LogP contribution in [0.1, 0.15) is 52.0 Å². The van der Waals surface area contributed by atoms with Gasteiger partial charge in [-0.1, -0.05) is 25.0 Å². The van der Waals surface area contributed by atoms with Crippen molar-refractivity contribution in [3.8, 4) is 0 Å². The van der Waals surface area contributed by atoms with Gasteiger partial charge in [0.2, 0.25) is 5.91 Å². The maximum absolute atomic E-state index is 12.6. The van der Waals surface area contributed by atoms with Crippen molar-refractivity contribution >= 4 is 11.6 Å². The number of nitrogens with two attached hydrogens (primary N) is 1. The van der Waals surface area contributed by atoms with Crippen molar-refractivity contribution in [1.29, 1.82) is 0 Å². The van der Waals surface area contributed by atoms with Crippen molar-refractivity contribution in [3.63, 3.8) is 0 Å². The van der Waals surface area contributed by atoms with E-state index in [4.69, 9.17) is 5.73 Å². The Hall–Kier alpha value is -1.51. The van der Waals surface area contributed by atoms with Gasteiger partial charge >= 0.3 is 0 Å². The van der Waals surface area contributed by atoms with Crippen LogP contribution in [0, 0.1) is 5.92 Å². The van der Waals surface area contributed by atoms with Crippen LogP contribution in [-0.4, -0.2) is 11.9 Å². The fraction of sp³-hybridized carbons (Fsp3) is 0.588. The van der Waals surface area contributed by atoms with Gasteiger partial charge in [0.25, 0.3) is 0 Å². The zero-order valence-corrected chi connectivity index (χ0v) is 12.8. The third kappa shape index (κ3) is 3.14. The SMILES string of the molecule is C[C@@H](NC(=O)C(C)(C)c1ccc(N)cc1)C1CCCC1. The van der Waals surface area contributed by atoms with E-state index in [1.54, 1.807) is 0 Å². The topological polar surface area (TPSA) is 55.1 Å². The van der Waals surface area contributed by atoms with Crippen molar-refractivity contribution in [3.05, 3.63) is 29.8 Å². The maximum atomic E-state index is 12.6. The zero-order chi connectivity index (χ0) is 14.8. The fourth-order valence-electron chi connectivity index (χ4n) is 2.99. The van der Waals surface area contributed by atoms with Crippen molar-refractivity contribution in [2.45, 2.75) is 57.9 Å². The van der Waals surface area contributed by atoms with Crippen LogP contribution in [0.15, 0.2) is 24.3 Å². The van der Waals surface area contributed by atoms with E-state index in [9.17, 15) is 4.79 Å². The largest absolute Gasteiger partial charge is 0.399 e. The van der Waals surface area contributed by atoms with Crippen molar-refractivity contribution in [2.75, 3.05) is 5.73 Å². The third-order valence-corrected chi connectivity index (χ3v) is 4.67. The van der Waals surface area contributed by atoms with Crippen LogP contribution in [0.2, 0.25) is 0 Å². The molecule has 0 unspecified atom stereocenters. The third-order valence-electron chi connectivity index (χ3n) is 4.67. The highest BCUT2D eigenvalue weighted by molar-refractivity contribution is 5.87. The number of carbonyl (C=O) groups excluding carboxylic acids is 1. The summed E-state index contributed by atoms with van der Waals surface area (Å²) in [6.45, 7) is 6.07. The molecular weight excluding hydrogens is 248 g/mol. The molecule has 1 aliphatic rings. The molecule has 0 aliphatic heterocycles. The van der Waals surface area contributed by atoms with Crippen LogP contribution in [0.3, 0.4) is 0 Å². The monoisotopic (exact) mass is 274 g/mol. The second kappa shape index (κ2) is 5.86. The highest BCUT2D eigenvalue weighted by Gasteiger charge is 2.32. The Kier molecular flexibility index (Phi) is 4.36. The minimum Gasteiger partial charge on any atom is -0.399 e. The summed E-state index contributed by atoms with van der Waals surface area (Å²) in [5, 5.41) is 3.21. The second-order valence-corrected chi connectivity index (χ2v) is 6.55. The van der Waals surface area contributed by atoms with E-state index in [2.05, 4.69) is 12.2 Å². The molecule has 0 saturated heterocycles. The van der Waals surface area contributed by atoms with Crippen molar-refractivity contribution in [1.82, 2.24) is 5.32 Å². The lowest BCUT2D eigenvalue weighted by molar-refractivity contribution is -0.126. The minimum atomic E-state index is -0.527. The summed E-state index contributed by atoms with van der Waals surface area (Å²) in [5.74, 6) is 0.739. The van der Waals surface area contributed by atoms with E-state index in [1.165, 1.54) is 25.7 Å². The van der Waals surface area contributed by atoms with Crippen LogP contribution in [0.5, 0.6) is 0 Å². The first-order chi connectivity index (χ1) is 9.41. The number of rotatable bonds is 4. The van der Waals surface area contributed by atoms with E-state index in [-0.39, 0.29) is 11.9 Å². The molecule has 1 saturated carbocycles. The van der Waals surface area contributed by atoms with Crippen LogP contribution in [0.4, 0.5) is 5.69 Å². The molecule has 1 aromatic carbocycles. The summed E-state index contributed by atoms with van der Waals surface area (Å²) in [4.78, 5) is 12.6. The standard InChI is InChI=1S/C17H26N2O/c1-12(13-6-4-5-7-13)19-16(20)17(2,3)14-8-10-15(18)11-9-14/h8-13H,4-7,18H2,1-3H3,(H,19,20)/t12-/m1/s1. The molecule has 3 nitrogen and oxygen atoms in total. The summed E-state index contributed by atoms with van der Waals surface area (Å²) >= 11 is 0. The number of hydrogen-bond acceptors (Lipinski definition) is 2. The predicted octanol–water partition coefficient (Wildman–Crippen LogP) is 3.24. The normalized spacial score (nSPS) is 17.9. The molecule has 1 aliphatic carbocycles. The van der Waals surface area contributed by atoms with Gasteiger partial charge in [-0.15, -0.1) is 0 Å². The lowest BCUT2D eigenvalue weighted by Crippen LogP contribution is -2.46. The molecule has 1 atom stereocenters. The molecule has 2 rings (SSSR count). The zero-order valence-electron chi connectivity index (χ0n) is 12.8. The van der Waals surface area contributed by atoms with Gasteiger partial charge in [0, 0.05) is 11.7 Å². The van der Waals surface area contributed by atoms with Gasteiger partial charge in [-0.25, -0.2) is 0 Å². The van der Waals surface area contributed by atoms with Crippen LogP contribution in [0.25, 0.3) is 0 Å². The number of nitrogens with one attached hydrogen (secondary N) is 1. The number of nitrogen functional groups attached to an aromatic ring is 1. The molecule has 3 heteroatoms. The van der Waals surface area contributed by atoms with E-state index in [0.29, 0.717) is 5.92 Å². The van der Waals surface area contributed by atoms with Crippen LogP contribution >= 0.6 is 0 Å². The average molecular weight is 274 g/mol. The van der Waals surface area contributed by atoms with Crippen molar-refractivity contribution in [2.24, 2.45) is 5.92 Å². The number of benzene rings is 1. The van der Waals surface area contributed by atoms with Gasteiger partial charge in [0.05, 0.1) is 5.41 Å². The van der Waals surface area contributed by atoms with E-state index in [0.717, 1.165) is 11.3 Å². The highest BCUT2D eigenvalue weighted by Crippen LogP contribution is 2.29. The first-order valence-electron chi connectivity index (χ1n) is 7.58. The molecule has 0 bridgehead atoms. The van der Waals surface area contributed by atoms with Gasteiger partial charge in [0.15, 0.2) is 0 Å². The Morgan fingerprint density at radius 1 is 1.25 bits per heavy atom. The Labute approximate surface area is 121 Å². The summed E-state index contributed by atoms with van der Waals surface area (Å²) in [6.07, 6.45) is 5.08. The van der Waals surface area contributed by atoms with E-state index >= 15 is 0 Å². The second-order valence-electron chi connectivity index (χ2n) is 6.55. The average Bonchev–Trinajstić information content (AvgIpc) is 2.93. The molecule has 1 aromatic rings. The Balaban J connectivity index is 2.04. The lowest BCUT2D eigenvalue weighted by Gasteiger charge is -2.28. The Morgan fingerprint density at radius 2 is 1.80 bits per heavy atom. The molecule has 0 radical (unpaired) electrons. The Morgan fingerprint density at radius 3 is 2.35 bits per heavy atom. The molecule has 20 heavy (non-hydrogen) atoms. The number of hydrogen-bond donors (Lipinski definition) is 2. The molecule has 0 aromatic heterocycles. The lowest BCUT2D eigenvalue weighted by atomic mass is 9.83. The first-order valence-corrected chi connectivity index (χ1v) is 7.58. The minimum absolute atomic E-state index is 0.0988. The smallest absolute Gasteiger partial charge is 0.230 e. The molecule has 0 spiro atoms. The fourth-order valence-corrected chi connectivity index (χ4v) is 2.99. The van der Waals surface area contributed by atoms with Crippen LogP contribution < -0.4 is 11.1 Å². The summed E-state index contributed by atoms with van der Waals surface area (Å²) in [6, 6.07) is 7.85.